The number of aromatic nitrogens is 1. The van der Waals surface area contributed by atoms with Crippen LogP contribution in [-0.4, -0.2) is 23.2 Å². The molecule has 0 saturated heterocycles. The second-order valence-corrected chi connectivity index (χ2v) is 5.97. The molecule has 6 heteroatoms. The lowest BCUT2D eigenvalue weighted by Crippen LogP contribution is -2.29. The molecule has 0 atom stereocenters. The molecule has 0 aliphatic carbocycles. The highest BCUT2D eigenvalue weighted by molar-refractivity contribution is 6.42. The fourth-order valence-corrected chi connectivity index (χ4v) is 2.36. The maximum absolute atomic E-state index is 12.3. The summed E-state index contributed by atoms with van der Waals surface area (Å²) in [5, 5.41) is 3.53. The molecule has 1 aromatic heterocycles. The Labute approximate surface area is 150 Å². The van der Waals surface area contributed by atoms with Crippen molar-refractivity contribution in [2.45, 2.75) is 13.3 Å². The normalized spacial score (nSPS) is 11.2. The number of ketones is 1. The smallest absolute Gasteiger partial charge is 0.254 e. The minimum atomic E-state index is -0.419. The first kappa shape index (κ1) is 18.2. The van der Waals surface area contributed by atoms with Crippen LogP contribution >= 0.6 is 23.2 Å². The van der Waals surface area contributed by atoms with Crippen molar-refractivity contribution >= 4 is 41.0 Å². The highest BCUT2D eigenvalue weighted by Gasteiger charge is 2.14. The SMILES string of the molecule is CC(=O)C(=Cc1ccc(Cl)c(Cl)c1)C(=O)NCCc1cccnc1. The molecule has 2 rings (SSSR count). The second-order valence-electron chi connectivity index (χ2n) is 5.15. The van der Waals surface area contributed by atoms with E-state index in [0.717, 1.165) is 5.56 Å². The number of benzene rings is 1. The van der Waals surface area contributed by atoms with Crippen molar-refractivity contribution < 1.29 is 9.59 Å². The molecule has 0 aliphatic rings. The van der Waals surface area contributed by atoms with Crippen molar-refractivity contribution in [2.24, 2.45) is 0 Å². The predicted molar refractivity (Wildman–Crippen MR) is 96.1 cm³/mol. The van der Waals surface area contributed by atoms with Crippen molar-refractivity contribution in [3.05, 3.63) is 69.5 Å². The Hall–Kier alpha value is -2.17. The van der Waals surface area contributed by atoms with Gasteiger partial charge in [0.2, 0.25) is 0 Å². The third-order valence-electron chi connectivity index (χ3n) is 3.30. The minimum absolute atomic E-state index is 0.0691. The zero-order valence-electron chi connectivity index (χ0n) is 13.1. The number of carbonyl (C=O) groups is 2. The lowest BCUT2D eigenvalue weighted by molar-refractivity contribution is -0.121. The van der Waals surface area contributed by atoms with Gasteiger partial charge in [0.05, 0.1) is 15.6 Å². The van der Waals surface area contributed by atoms with E-state index in [0.29, 0.717) is 28.6 Å². The van der Waals surface area contributed by atoms with E-state index in [1.807, 2.05) is 12.1 Å². The largest absolute Gasteiger partial charge is 0.352 e. The van der Waals surface area contributed by atoms with Gasteiger partial charge in [0, 0.05) is 18.9 Å². The highest BCUT2D eigenvalue weighted by atomic mass is 35.5. The maximum atomic E-state index is 12.3. The van der Waals surface area contributed by atoms with Crippen LogP contribution in [0.3, 0.4) is 0 Å². The molecule has 1 N–H and O–H groups in total. The van der Waals surface area contributed by atoms with E-state index in [2.05, 4.69) is 10.3 Å². The van der Waals surface area contributed by atoms with Crippen LogP contribution in [0.1, 0.15) is 18.1 Å². The number of halogens is 2. The standard InChI is InChI=1S/C18H16Cl2N2O2/c1-12(23)15(9-14-4-5-16(19)17(20)10-14)18(24)22-8-6-13-3-2-7-21-11-13/h2-5,7,9-11H,6,8H2,1H3,(H,22,24). The summed E-state index contributed by atoms with van der Waals surface area (Å²) in [4.78, 5) is 28.0. The molecule has 0 fully saturated rings. The molecule has 0 saturated carbocycles. The summed E-state index contributed by atoms with van der Waals surface area (Å²) in [6.45, 7) is 1.76. The average Bonchev–Trinajstić information content (AvgIpc) is 2.56. The molecule has 0 spiro atoms. The summed E-state index contributed by atoms with van der Waals surface area (Å²) in [5.41, 5.74) is 1.72. The van der Waals surface area contributed by atoms with E-state index >= 15 is 0 Å². The van der Waals surface area contributed by atoms with Gasteiger partial charge in [-0.15, -0.1) is 0 Å². The highest BCUT2D eigenvalue weighted by Crippen LogP contribution is 2.23. The summed E-state index contributed by atoms with van der Waals surface area (Å²) in [6.07, 6.45) is 5.57. The number of Topliss-reactive ketones (excluding diaryl/α,β-unsaturated/α-hetero) is 1. The summed E-state index contributed by atoms with van der Waals surface area (Å²) in [5.74, 6) is -0.739. The molecular weight excluding hydrogens is 347 g/mol. The number of hydrogen-bond acceptors (Lipinski definition) is 3. The molecule has 4 nitrogen and oxygen atoms in total. The van der Waals surface area contributed by atoms with E-state index < -0.39 is 5.91 Å². The summed E-state index contributed by atoms with van der Waals surface area (Å²) < 4.78 is 0. The summed E-state index contributed by atoms with van der Waals surface area (Å²) in [6, 6.07) is 8.68. The lowest BCUT2D eigenvalue weighted by atomic mass is 10.1. The zero-order valence-corrected chi connectivity index (χ0v) is 14.6. The number of nitrogens with one attached hydrogen (secondary N) is 1. The van der Waals surface area contributed by atoms with Gasteiger partial charge in [0.15, 0.2) is 5.78 Å². The monoisotopic (exact) mass is 362 g/mol. The lowest BCUT2D eigenvalue weighted by Gasteiger charge is -2.07. The summed E-state index contributed by atoms with van der Waals surface area (Å²) >= 11 is 11.8. The van der Waals surface area contributed by atoms with Gasteiger partial charge in [-0.3, -0.25) is 14.6 Å². The van der Waals surface area contributed by atoms with Gasteiger partial charge in [0.25, 0.3) is 5.91 Å². The van der Waals surface area contributed by atoms with Gasteiger partial charge in [-0.25, -0.2) is 0 Å². The number of pyridine rings is 1. The molecule has 124 valence electrons. The van der Waals surface area contributed by atoms with Gasteiger partial charge in [0.1, 0.15) is 0 Å². The van der Waals surface area contributed by atoms with Crippen LogP contribution in [0.2, 0.25) is 10.0 Å². The summed E-state index contributed by atoms with van der Waals surface area (Å²) in [7, 11) is 0. The van der Waals surface area contributed by atoms with Crippen LogP contribution in [0, 0.1) is 0 Å². The molecule has 1 heterocycles. The van der Waals surface area contributed by atoms with E-state index in [9.17, 15) is 9.59 Å². The molecule has 2 aromatic rings. The minimum Gasteiger partial charge on any atom is -0.352 e. The van der Waals surface area contributed by atoms with Crippen LogP contribution in [0.25, 0.3) is 6.08 Å². The number of nitrogens with zero attached hydrogens (tertiary/aromatic N) is 1. The average molecular weight is 363 g/mol. The van der Waals surface area contributed by atoms with E-state index in [-0.39, 0.29) is 11.4 Å². The van der Waals surface area contributed by atoms with Gasteiger partial charge >= 0.3 is 0 Å². The molecule has 24 heavy (non-hydrogen) atoms. The Morgan fingerprint density at radius 2 is 2.00 bits per heavy atom. The predicted octanol–water partition coefficient (Wildman–Crippen LogP) is 3.72. The molecular formula is C18H16Cl2N2O2. The number of carbonyl (C=O) groups excluding carboxylic acids is 2. The molecule has 1 amide bonds. The third kappa shape index (κ3) is 5.18. The first-order valence-corrected chi connectivity index (χ1v) is 8.08. The van der Waals surface area contributed by atoms with Crippen molar-refractivity contribution in [3.8, 4) is 0 Å². The topological polar surface area (TPSA) is 59.1 Å². The Kier molecular flexibility index (Phi) is 6.53. The van der Waals surface area contributed by atoms with Crippen LogP contribution in [0.15, 0.2) is 48.3 Å². The second kappa shape index (κ2) is 8.62. The number of amides is 1. The molecule has 0 radical (unpaired) electrons. The van der Waals surface area contributed by atoms with Crippen molar-refractivity contribution in [1.29, 1.82) is 0 Å². The Morgan fingerprint density at radius 3 is 2.62 bits per heavy atom. The Balaban J connectivity index is 2.06. The van der Waals surface area contributed by atoms with E-state index in [1.165, 1.54) is 13.0 Å². The fraction of sp³-hybridized carbons (Fsp3) is 0.167. The van der Waals surface area contributed by atoms with Crippen LogP contribution in [0.5, 0.6) is 0 Å². The van der Waals surface area contributed by atoms with Gasteiger partial charge in [-0.1, -0.05) is 35.3 Å². The maximum Gasteiger partial charge on any atom is 0.254 e. The quantitative estimate of drug-likeness (QED) is 0.484. The van der Waals surface area contributed by atoms with Gasteiger partial charge in [-0.05, 0) is 48.7 Å². The van der Waals surface area contributed by atoms with Gasteiger partial charge < -0.3 is 5.32 Å². The Bertz CT molecular complexity index is 774. The fourth-order valence-electron chi connectivity index (χ4n) is 2.06. The van der Waals surface area contributed by atoms with E-state index in [4.69, 9.17) is 23.2 Å². The molecule has 0 bridgehead atoms. The first-order chi connectivity index (χ1) is 11.5. The van der Waals surface area contributed by atoms with Gasteiger partial charge in [-0.2, -0.15) is 0 Å². The third-order valence-corrected chi connectivity index (χ3v) is 4.04. The van der Waals surface area contributed by atoms with Crippen LogP contribution in [-0.2, 0) is 16.0 Å². The molecule has 1 aromatic carbocycles. The van der Waals surface area contributed by atoms with Crippen molar-refractivity contribution in [1.82, 2.24) is 10.3 Å². The van der Waals surface area contributed by atoms with E-state index in [1.54, 1.807) is 30.6 Å². The van der Waals surface area contributed by atoms with Crippen molar-refractivity contribution in [3.63, 3.8) is 0 Å². The Morgan fingerprint density at radius 1 is 1.21 bits per heavy atom. The number of rotatable bonds is 6. The van der Waals surface area contributed by atoms with Crippen LogP contribution in [0.4, 0.5) is 0 Å². The number of hydrogen-bond donors (Lipinski definition) is 1. The molecule has 0 aliphatic heterocycles. The zero-order chi connectivity index (χ0) is 17.5. The van der Waals surface area contributed by atoms with Crippen molar-refractivity contribution in [2.75, 3.05) is 6.54 Å². The first-order valence-electron chi connectivity index (χ1n) is 7.32. The van der Waals surface area contributed by atoms with Crippen LogP contribution < -0.4 is 5.32 Å². The molecule has 0 unspecified atom stereocenters.